The van der Waals surface area contributed by atoms with Crippen molar-refractivity contribution < 1.29 is 19.1 Å². The van der Waals surface area contributed by atoms with Crippen molar-refractivity contribution in [2.24, 2.45) is 0 Å². The van der Waals surface area contributed by atoms with E-state index in [1.54, 1.807) is 30.3 Å². The number of nitrogens with one attached hydrogen (secondary N) is 1. The summed E-state index contributed by atoms with van der Waals surface area (Å²) in [4.78, 5) is 23.3. The van der Waals surface area contributed by atoms with E-state index in [1.807, 2.05) is 0 Å². The fourth-order valence-corrected chi connectivity index (χ4v) is 3.32. The number of rotatable bonds is 6. The zero-order valence-corrected chi connectivity index (χ0v) is 14.1. The van der Waals surface area contributed by atoms with Crippen molar-refractivity contribution in [1.29, 1.82) is 0 Å². The van der Waals surface area contributed by atoms with Gasteiger partial charge in [-0.25, -0.2) is 9.18 Å². The molecule has 3 rings (SSSR count). The lowest BCUT2D eigenvalue weighted by molar-refractivity contribution is -0.121. The van der Waals surface area contributed by atoms with Crippen molar-refractivity contribution >= 4 is 23.5 Å². The Balaban J connectivity index is 1.56. The van der Waals surface area contributed by atoms with Gasteiger partial charge in [0.2, 0.25) is 5.91 Å². The van der Waals surface area contributed by atoms with E-state index >= 15 is 0 Å². The molecule has 1 fully saturated rings. The van der Waals surface area contributed by atoms with Crippen molar-refractivity contribution in [1.82, 2.24) is 5.32 Å². The maximum atomic E-state index is 13.9. The van der Waals surface area contributed by atoms with Crippen molar-refractivity contribution in [2.45, 2.75) is 31.2 Å². The van der Waals surface area contributed by atoms with Gasteiger partial charge in [-0.05, 0) is 36.6 Å². The molecular formula is C19H17ClFNO3. The van der Waals surface area contributed by atoms with Gasteiger partial charge < -0.3 is 10.4 Å². The van der Waals surface area contributed by atoms with Crippen LogP contribution in [0.3, 0.4) is 0 Å². The second-order valence-electron chi connectivity index (χ2n) is 6.11. The van der Waals surface area contributed by atoms with Crippen LogP contribution in [-0.4, -0.2) is 23.0 Å². The Labute approximate surface area is 149 Å². The lowest BCUT2D eigenvalue weighted by Gasteiger charge is -2.08. The van der Waals surface area contributed by atoms with Crippen LogP contribution >= 0.6 is 11.6 Å². The molecule has 0 heterocycles. The molecule has 1 aliphatic rings. The number of hydrogen-bond acceptors (Lipinski definition) is 2. The third-order valence-electron chi connectivity index (χ3n) is 4.38. The summed E-state index contributed by atoms with van der Waals surface area (Å²) >= 11 is 6.05. The standard InChI is InChI=1S/C19H17ClFNO3/c20-14-6-3-7-15(21)18(14)13-10-16(13)22-17(23)9-8-11-4-1-2-5-12(11)19(24)25/h1-7,13,16H,8-10H2,(H,22,23)(H,24,25). The highest BCUT2D eigenvalue weighted by atomic mass is 35.5. The second kappa shape index (κ2) is 7.23. The minimum atomic E-state index is -1.01. The molecule has 0 saturated heterocycles. The molecule has 0 aromatic heterocycles. The molecule has 25 heavy (non-hydrogen) atoms. The maximum Gasteiger partial charge on any atom is 0.335 e. The van der Waals surface area contributed by atoms with E-state index in [2.05, 4.69) is 5.32 Å². The molecule has 6 heteroatoms. The summed E-state index contributed by atoms with van der Waals surface area (Å²) in [5.41, 5.74) is 1.28. The Bertz CT molecular complexity index is 804. The summed E-state index contributed by atoms with van der Waals surface area (Å²) in [6.07, 6.45) is 1.17. The molecule has 0 aliphatic heterocycles. The molecule has 0 radical (unpaired) electrons. The maximum absolute atomic E-state index is 13.9. The molecule has 1 aliphatic carbocycles. The van der Waals surface area contributed by atoms with Crippen LogP contribution in [0.4, 0.5) is 4.39 Å². The van der Waals surface area contributed by atoms with Crippen molar-refractivity contribution in [3.8, 4) is 0 Å². The first-order valence-corrected chi connectivity index (χ1v) is 8.39. The third kappa shape index (κ3) is 3.99. The average Bonchev–Trinajstić information content (AvgIpc) is 3.31. The van der Waals surface area contributed by atoms with E-state index < -0.39 is 5.97 Å². The predicted octanol–water partition coefficient (Wildman–Crippen LogP) is 3.78. The number of hydrogen-bond donors (Lipinski definition) is 2. The minimum absolute atomic E-state index is 0.107. The van der Waals surface area contributed by atoms with Gasteiger partial charge in [-0.1, -0.05) is 35.9 Å². The fraction of sp³-hybridized carbons (Fsp3) is 0.263. The van der Waals surface area contributed by atoms with Gasteiger partial charge >= 0.3 is 5.97 Å². The first-order chi connectivity index (χ1) is 12.0. The average molecular weight is 362 g/mol. The van der Waals surface area contributed by atoms with E-state index in [4.69, 9.17) is 16.7 Å². The van der Waals surface area contributed by atoms with Crippen molar-refractivity contribution in [3.63, 3.8) is 0 Å². The highest BCUT2D eigenvalue weighted by Gasteiger charge is 2.42. The number of benzene rings is 2. The van der Waals surface area contributed by atoms with Crippen molar-refractivity contribution in [3.05, 3.63) is 70.0 Å². The molecule has 2 aromatic carbocycles. The van der Waals surface area contributed by atoms with Crippen LogP contribution in [0.1, 0.15) is 40.2 Å². The summed E-state index contributed by atoms with van der Waals surface area (Å²) in [6, 6.07) is 11.0. The molecule has 2 aromatic rings. The first-order valence-electron chi connectivity index (χ1n) is 8.02. The number of aryl methyl sites for hydroxylation is 1. The number of carboxylic acids is 1. The first kappa shape index (κ1) is 17.4. The Morgan fingerprint density at radius 3 is 2.68 bits per heavy atom. The quantitative estimate of drug-likeness (QED) is 0.822. The van der Waals surface area contributed by atoms with Crippen LogP contribution in [0, 0.1) is 5.82 Å². The van der Waals surface area contributed by atoms with E-state index in [0.717, 1.165) is 0 Å². The van der Waals surface area contributed by atoms with Gasteiger partial charge in [0.1, 0.15) is 5.82 Å². The molecular weight excluding hydrogens is 345 g/mol. The van der Waals surface area contributed by atoms with Crippen LogP contribution in [0.15, 0.2) is 42.5 Å². The van der Waals surface area contributed by atoms with Gasteiger partial charge in [0.25, 0.3) is 0 Å². The smallest absolute Gasteiger partial charge is 0.335 e. The van der Waals surface area contributed by atoms with E-state index in [-0.39, 0.29) is 35.7 Å². The van der Waals surface area contributed by atoms with Gasteiger partial charge in [0.15, 0.2) is 0 Å². The number of halogens is 2. The lowest BCUT2D eigenvalue weighted by atomic mass is 10.0. The van der Waals surface area contributed by atoms with Gasteiger partial charge in [0.05, 0.1) is 5.56 Å². The predicted molar refractivity (Wildman–Crippen MR) is 92.4 cm³/mol. The molecule has 2 unspecified atom stereocenters. The van der Waals surface area contributed by atoms with Gasteiger partial charge in [-0.3, -0.25) is 4.79 Å². The summed E-state index contributed by atoms with van der Waals surface area (Å²) in [7, 11) is 0. The lowest BCUT2D eigenvalue weighted by Crippen LogP contribution is -2.27. The summed E-state index contributed by atoms with van der Waals surface area (Å²) < 4.78 is 13.9. The molecule has 4 nitrogen and oxygen atoms in total. The number of carbonyl (C=O) groups is 2. The largest absolute Gasteiger partial charge is 0.478 e. The van der Waals surface area contributed by atoms with E-state index in [9.17, 15) is 14.0 Å². The normalized spacial score (nSPS) is 18.6. The SMILES string of the molecule is O=C(CCc1ccccc1C(=O)O)NC1CC1c1c(F)cccc1Cl. The van der Waals surface area contributed by atoms with Gasteiger partial charge in [-0.15, -0.1) is 0 Å². The Morgan fingerprint density at radius 1 is 1.20 bits per heavy atom. The van der Waals surface area contributed by atoms with Crippen LogP contribution < -0.4 is 5.32 Å². The van der Waals surface area contributed by atoms with E-state index in [1.165, 1.54) is 12.1 Å². The highest BCUT2D eigenvalue weighted by Crippen LogP contribution is 2.44. The summed E-state index contributed by atoms with van der Waals surface area (Å²) in [5.74, 6) is -1.65. The Morgan fingerprint density at radius 2 is 1.96 bits per heavy atom. The third-order valence-corrected chi connectivity index (χ3v) is 4.71. The van der Waals surface area contributed by atoms with Gasteiger partial charge in [-0.2, -0.15) is 0 Å². The Kier molecular flexibility index (Phi) is 5.04. The van der Waals surface area contributed by atoms with Crippen LogP contribution in [0.5, 0.6) is 0 Å². The molecule has 0 spiro atoms. The number of carboxylic acid groups (broad SMARTS) is 1. The van der Waals surface area contributed by atoms with Crippen LogP contribution in [0.2, 0.25) is 5.02 Å². The summed E-state index contributed by atoms with van der Waals surface area (Å²) in [6.45, 7) is 0. The zero-order valence-electron chi connectivity index (χ0n) is 13.3. The van der Waals surface area contributed by atoms with Crippen molar-refractivity contribution in [2.75, 3.05) is 0 Å². The Hall–Kier alpha value is -2.40. The number of carbonyl (C=O) groups excluding carboxylic acids is 1. The molecule has 130 valence electrons. The molecule has 1 saturated carbocycles. The zero-order chi connectivity index (χ0) is 18.0. The summed E-state index contributed by atoms with van der Waals surface area (Å²) in [5, 5.41) is 12.4. The highest BCUT2D eigenvalue weighted by molar-refractivity contribution is 6.31. The molecule has 1 amide bonds. The second-order valence-corrected chi connectivity index (χ2v) is 6.52. The topological polar surface area (TPSA) is 66.4 Å². The molecule has 0 bridgehead atoms. The fourth-order valence-electron chi connectivity index (χ4n) is 3.01. The number of aromatic carboxylic acids is 1. The van der Waals surface area contributed by atoms with Crippen LogP contribution in [-0.2, 0) is 11.2 Å². The van der Waals surface area contributed by atoms with Crippen LogP contribution in [0.25, 0.3) is 0 Å². The molecule has 2 N–H and O–H groups in total. The minimum Gasteiger partial charge on any atom is -0.478 e. The van der Waals surface area contributed by atoms with Gasteiger partial charge in [0, 0.05) is 29.0 Å². The monoisotopic (exact) mass is 361 g/mol. The number of amides is 1. The van der Waals surface area contributed by atoms with E-state index in [0.29, 0.717) is 29.0 Å². The molecule has 2 atom stereocenters.